The molecule has 0 radical (unpaired) electrons. The standard InChI is InChI=1S/C20H24N4O4/c1-4-6-11-24-17-16(18(25)22-20(24)27)23(5-2)15(21-17)12-28-19(26)14-9-7-13(3)8-10-14/h7-10H,4-6,11-12H2,1-3H3,(H,22,25,27). The number of carbonyl (C=O) groups is 1. The zero-order valence-electron chi connectivity index (χ0n) is 16.3. The molecule has 1 aromatic carbocycles. The van der Waals surface area contributed by atoms with Gasteiger partial charge in [0.15, 0.2) is 11.2 Å². The van der Waals surface area contributed by atoms with E-state index in [4.69, 9.17) is 4.74 Å². The average Bonchev–Trinajstić information content (AvgIpc) is 3.05. The molecule has 0 atom stereocenters. The number of unbranched alkanes of at least 4 members (excludes halogenated alkanes) is 1. The van der Waals surface area contributed by atoms with E-state index >= 15 is 0 Å². The molecule has 2 aromatic heterocycles. The minimum atomic E-state index is -0.488. The van der Waals surface area contributed by atoms with Crippen LogP contribution >= 0.6 is 0 Å². The van der Waals surface area contributed by atoms with Crippen molar-refractivity contribution in [2.45, 2.75) is 53.3 Å². The van der Waals surface area contributed by atoms with Crippen molar-refractivity contribution in [3.8, 4) is 0 Å². The van der Waals surface area contributed by atoms with E-state index in [0.717, 1.165) is 18.4 Å². The summed E-state index contributed by atoms with van der Waals surface area (Å²) in [6.45, 7) is 6.67. The van der Waals surface area contributed by atoms with Crippen LogP contribution in [-0.2, 0) is 24.4 Å². The predicted molar refractivity (Wildman–Crippen MR) is 105 cm³/mol. The lowest BCUT2D eigenvalue weighted by Crippen LogP contribution is -2.31. The highest BCUT2D eigenvalue weighted by molar-refractivity contribution is 5.89. The number of fused-ring (bicyclic) bond motifs is 1. The minimum Gasteiger partial charge on any atom is -0.454 e. The Morgan fingerprint density at radius 2 is 1.86 bits per heavy atom. The molecule has 0 aliphatic heterocycles. The molecule has 8 nitrogen and oxygen atoms in total. The highest BCUT2D eigenvalue weighted by Crippen LogP contribution is 2.14. The molecular weight excluding hydrogens is 360 g/mol. The van der Waals surface area contributed by atoms with Crippen molar-refractivity contribution in [1.29, 1.82) is 0 Å². The smallest absolute Gasteiger partial charge is 0.338 e. The highest BCUT2D eigenvalue weighted by atomic mass is 16.5. The molecule has 0 amide bonds. The number of ether oxygens (including phenoxy) is 1. The zero-order chi connectivity index (χ0) is 20.3. The van der Waals surface area contributed by atoms with Crippen LogP contribution in [-0.4, -0.2) is 25.1 Å². The first-order chi connectivity index (χ1) is 13.5. The molecule has 2 heterocycles. The molecule has 3 aromatic rings. The van der Waals surface area contributed by atoms with Crippen LogP contribution < -0.4 is 11.2 Å². The summed E-state index contributed by atoms with van der Waals surface area (Å²) in [7, 11) is 0. The zero-order valence-corrected chi connectivity index (χ0v) is 16.3. The Morgan fingerprint density at radius 1 is 1.14 bits per heavy atom. The van der Waals surface area contributed by atoms with Crippen LogP contribution in [0.3, 0.4) is 0 Å². The second-order valence-electron chi connectivity index (χ2n) is 6.65. The van der Waals surface area contributed by atoms with Gasteiger partial charge in [0.2, 0.25) is 0 Å². The van der Waals surface area contributed by atoms with Crippen molar-refractivity contribution in [3.63, 3.8) is 0 Å². The number of hydrogen-bond acceptors (Lipinski definition) is 5. The molecule has 0 aliphatic rings. The second-order valence-corrected chi connectivity index (χ2v) is 6.65. The molecule has 0 saturated heterocycles. The number of hydrogen-bond donors (Lipinski definition) is 1. The maximum atomic E-state index is 12.4. The van der Waals surface area contributed by atoms with E-state index in [2.05, 4.69) is 9.97 Å². The molecule has 1 N–H and O–H groups in total. The van der Waals surface area contributed by atoms with Gasteiger partial charge in [-0.05, 0) is 32.4 Å². The third-order valence-corrected chi connectivity index (χ3v) is 4.64. The summed E-state index contributed by atoms with van der Waals surface area (Å²) in [6, 6.07) is 7.08. The van der Waals surface area contributed by atoms with Gasteiger partial charge in [-0.25, -0.2) is 14.6 Å². The predicted octanol–water partition coefficient (Wildman–Crippen LogP) is 2.37. The lowest BCUT2D eigenvalue weighted by atomic mass is 10.1. The average molecular weight is 384 g/mol. The monoisotopic (exact) mass is 384 g/mol. The first-order valence-electron chi connectivity index (χ1n) is 9.42. The molecular formula is C20H24N4O4. The third kappa shape index (κ3) is 3.76. The number of esters is 1. The largest absolute Gasteiger partial charge is 0.454 e. The maximum Gasteiger partial charge on any atom is 0.338 e. The van der Waals surface area contributed by atoms with Crippen LogP contribution in [0.15, 0.2) is 33.9 Å². The van der Waals surface area contributed by atoms with Gasteiger partial charge < -0.3 is 9.30 Å². The molecule has 0 spiro atoms. The fourth-order valence-corrected chi connectivity index (χ4v) is 3.10. The van der Waals surface area contributed by atoms with Gasteiger partial charge in [0.05, 0.1) is 5.56 Å². The number of benzene rings is 1. The van der Waals surface area contributed by atoms with Gasteiger partial charge in [0, 0.05) is 13.1 Å². The van der Waals surface area contributed by atoms with Gasteiger partial charge in [-0.2, -0.15) is 0 Å². The molecule has 0 fully saturated rings. The minimum absolute atomic E-state index is 0.0867. The number of aromatic nitrogens is 4. The Labute approximate surface area is 161 Å². The van der Waals surface area contributed by atoms with Crippen molar-refractivity contribution >= 4 is 17.1 Å². The van der Waals surface area contributed by atoms with Gasteiger partial charge >= 0.3 is 11.7 Å². The molecule has 0 unspecified atom stereocenters. The summed E-state index contributed by atoms with van der Waals surface area (Å²) in [5, 5.41) is 0. The van der Waals surface area contributed by atoms with Crippen molar-refractivity contribution in [2.75, 3.05) is 0 Å². The van der Waals surface area contributed by atoms with Crippen LogP contribution in [0.5, 0.6) is 0 Å². The van der Waals surface area contributed by atoms with Gasteiger partial charge in [-0.3, -0.25) is 14.3 Å². The summed E-state index contributed by atoms with van der Waals surface area (Å²) >= 11 is 0. The molecule has 0 saturated carbocycles. The maximum absolute atomic E-state index is 12.4. The highest BCUT2D eigenvalue weighted by Gasteiger charge is 2.19. The summed E-state index contributed by atoms with van der Waals surface area (Å²) in [5.74, 6) is -0.0358. The summed E-state index contributed by atoms with van der Waals surface area (Å²) in [5.41, 5.74) is 1.18. The van der Waals surface area contributed by atoms with Crippen LogP contribution in [0.4, 0.5) is 0 Å². The molecule has 0 aliphatic carbocycles. The lowest BCUT2D eigenvalue weighted by molar-refractivity contribution is 0.0458. The van der Waals surface area contributed by atoms with E-state index in [1.54, 1.807) is 16.7 Å². The molecule has 28 heavy (non-hydrogen) atoms. The Kier molecular flexibility index (Phi) is 5.77. The van der Waals surface area contributed by atoms with Crippen LogP contribution in [0.1, 0.15) is 48.4 Å². The van der Waals surface area contributed by atoms with Crippen molar-refractivity contribution in [2.24, 2.45) is 0 Å². The summed E-state index contributed by atoms with van der Waals surface area (Å²) < 4.78 is 8.54. The van der Waals surface area contributed by atoms with E-state index in [0.29, 0.717) is 35.6 Å². The number of nitrogens with zero attached hydrogens (tertiary/aromatic N) is 3. The first-order valence-corrected chi connectivity index (χ1v) is 9.42. The Bertz CT molecular complexity index is 1110. The number of nitrogens with one attached hydrogen (secondary N) is 1. The van der Waals surface area contributed by atoms with Gasteiger partial charge in [-0.15, -0.1) is 0 Å². The summed E-state index contributed by atoms with van der Waals surface area (Å²) in [4.78, 5) is 43.7. The number of aromatic amines is 1. The number of imidazole rings is 1. The fourth-order valence-electron chi connectivity index (χ4n) is 3.10. The van der Waals surface area contributed by atoms with Crippen molar-refractivity contribution in [3.05, 3.63) is 62.1 Å². The van der Waals surface area contributed by atoms with E-state index < -0.39 is 17.2 Å². The normalized spacial score (nSPS) is 11.1. The molecule has 148 valence electrons. The van der Waals surface area contributed by atoms with E-state index in [1.165, 1.54) is 4.57 Å². The van der Waals surface area contributed by atoms with E-state index in [1.807, 2.05) is 32.9 Å². The van der Waals surface area contributed by atoms with Crippen molar-refractivity contribution in [1.82, 2.24) is 19.1 Å². The Balaban J connectivity index is 1.95. The number of aryl methyl sites for hydroxylation is 3. The summed E-state index contributed by atoms with van der Waals surface area (Å²) in [6.07, 6.45) is 1.69. The third-order valence-electron chi connectivity index (χ3n) is 4.64. The van der Waals surface area contributed by atoms with Crippen LogP contribution in [0, 0.1) is 6.92 Å². The number of rotatable bonds is 7. The topological polar surface area (TPSA) is 99.0 Å². The quantitative estimate of drug-likeness (QED) is 0.631. The fraction of sp³-hybridized carbons (Fsp3) is 0.400. The number of H-pyrrole nitrogens is 1. The molecule has 8 heteroatoms. The lowest BCUT2D eigenvalue weighted by Gasteiger charge is -2.07. The number of carbonyl (C=O) groups excluding carboxylic acids is 1. The van der Waals surface area contributed by atoms with Crippen molar-refractivity contribution < 1.29 is 9.53 Å². The van der Waals surface area contributed by atoms with Gasteiger partial charge in [-0.1, -0.05) is 31.0 Å². The van der Waals surface area contributed by atoms with E-state index in [9.17, 15) is 14.4 Å². The Morgan fingerprint density at radius 3 is 2.50 bits per heavy atom. The first kappa shape index (κ1) is 19.6. The van der Waals surface area contributed by atoms with Gasteiger partial charge in [0.25, 0.3) is 5.56 Å². The van der Waals surface area contributed by atoms with Crippen LogP contribution in [0.25, 0.3) is 11.2 Å². The molecule has 0 bridgehead atoms. The van der Waals surface area contributed by atoms with E-state index in [-0.39, 0.29) is 6.61 Å². The Hall–Kier alpha value is -3.16. The second kappa shape index (κ2) is 8.24. The molecule has 3 rings (SSSR count). The SMILES string of the molecule is CCCCn1c(=O)[nH]c(=O)c2c1nc(COC(=O)c1ccc(C)cc1)n2CC. The van der Waals surface area contributed by atoms with Crippen LogP contribution in [0.2, 0.25) is 0 Å². The van der Waals surface area contributed by atoms with Gasteiger partial charge in [0.1, 0.15) is 12.4 Å².